The molecule has 2 aromatic rings. The van der Waals surface area contributed by atoms with Crippen molar-refractivity contribution in [2.24, 2.45) is 11.8 Å². The normalized spacial score (nSPS) is 16.9. The van der Waals surface area contributed by atoms with Crippen LogP contribution in [-0.4, -0.2) is 60.4 Å². The average molecular weight is 505 g/mol. The van der Waals surface area contributed by atoms with E-state index < -0.39 is 0 Å². The largest absolute Gasteiger partial charge is 0.493 e. The lowest BCUT2D eigenvalue weighted by Gasteiger charge is -2.37. The van der Waals surface area contributed by atoms with E-state index in [2.05, 4.69) is 21.9 Å². The third-order valence-corrected chi connectivity index (χ3v) is 7.26. The van der Waals surface area contributed by atoms with Crippen LogP contribution in [0.4, 0.5) is 11.4 Å². The molecule has 0 N–H and O–H groups in total. The molecule has 2 fully saturated rings. The van der Waals surface area contributed by atoms with Crippen LogP contribution in [0.25, 0.3) is 0 Å². The van der Waals surface area contributed by atoms with Gasteiger partial charge in [0.05, 0.1) is 28.4 Å². The van der Waals surface area contributed by atoms with Crippen molar-refractivity contribution in [2.45, 2.75) is 25.7 Å². The van der Waals surface area contributed by atoms with Crippen molar-refractivity contribution in [3.8, 4) is 23.0 Å². The molecule has 0 bridgehead atoms. The minimum Gasteiger partial charge on any atom is -0.493 e. The van der Waals surface area contributed by atoms with Crippen molar-refractivity contribution < 1.29 is 23.7 Å². The standard InChI is InChI=1S/C27H36N2O5.ClH/c1-31-23-7-5-21(17-25(23)33-3)28-13-9-19(10-14-28)27(30)20-11-15-29(16-12-20)22-6-8-24(32-2)26(18-22)34-4;/h5-8,17-20H,9-16H2,1-4H3;1H. The summed E-state index contributed by atoms with van der Waals surface area (Å²) in [5, 5.41) is 0. The van der Waals surface area contributed by atoms with Gasteiger partial charge in [-0.2, -0.15) is 0 Å². The fraction of sp³-hybridized carbons (Fsp3) is 0.519. The van der Waals surface area contributed by atoms with Crippen LogP contribution in [-0.2, 0) is 4.79 Å². The molecule has 35 heavy (non-hydrogen) atoms. The van der Waals surface area contributed by atoms with Crippen LogP contribution in [0.2, 0.25) is 0 Å². The summed E-state index contributed by atoms with van der Waals surface area (Å²) in [5.74, 6) is 3.72. The summed E-state index contributed by atoms with van der Waals surface area (Å²) in [6, 6.07) is 12.0. The van der Waals surface area contributed by atoms with Crippen LogP contribution in [0.3, 0.4) is 0 Å². The monoisotopic (exact) mass is 504 g/mol. The first-order valence-corrected chi connectivity index (χ1v) is 12.1. The fourth-order valence-corrected chi connectivity index (χ4v) is 5.22. The summed E-state index contributed by atoms with van der Waals surface area (Å²) in [6.07, 6.45) is 3.62. The second-order valence-electron chi connectivity index (χ2n) is 9.00. The van der Waals surface area contributed by atoms with Crippen molar-refractivity contribution in [3.05, 3.63) is 36.4 Å². The molecule has 2 aliphatic heterocycles. The number of hydrogen-bond acceptors (Lipinski definition) is 7. The average Bonchev–Trinajstić information content (AvgIpc) is 2.92. The van der Waals surface area contributed by atoms with Crippen LogP contribution < -0.4 is 28.7 Å². The molecule has 0 saturated carbocycles. The summed E-state index contributed by atoms with van der Waals surface area (Å²) < 4.78 is 21.6. The molecule has 2 aliphatic rings. The zero-order valence-electron chi connectivity index (χ0n) is 21.1. The maximum absolute atomic E-state index is 13.3. The first-order valence-electron chi connectivity index (χ1n) is 12.1. The Labute approximate surface area is 214 Å². The van der Waals surface area contributed by atoms with Crippen molar-refractivity contribution in [3.63, 3.8) is 0 Å². The number of anilines is 2. The van der Waals surface area contributed by atoms with Crippen molar-refractivity contribution in [2.75, 3.05) is 64.4 Å². The minimum atomic E-state index is 0. The molecule has 0 atom stereocenters. The molecule has 0 aromatic heterocycles. The van der Waals surface area contributed by atoms with E-state index >= 15 is 0 Å². The predicted octanol–water partition coefficient (Wildman–Crippen LogP) is 4.84. The lowest BCUT2D eigenvalue weighted by Crippen LogP contribution is -2.41. The highest BCUT2D eigenvalue weighted by Gasteiger charge is 2.32. The number of nitrogens with zero attached hydrogens (tertiary/aromatic N) is 2. The van der Waals surface area contributed by atoms with Gasteiger partial charge in [0, 0.05) is 61.5 Å². The van der Waals surface area contributed by atoms with E-state index in [0.717, 1.165) is 86.2 Å². The SMILES string of the molecule is COc1ccc(N2CCC(C(=O)C3CCN(c4ccc(OC)c(OC)c4)CC3)CC2)cc1OC.Cl. The van der Waals surface area contributed by atoms with Gasteiger partial charge in [-0.25, -0.2) is 0 Å². The first kappa shape index (κ1) is 26.8. The van der Waals surface area contributed by atoms with Crippen LogP contribution in [0, 0.1) is 11.8 Å². The van der Waals surface area contributed by atoms with Crippen LogP contribution >= 0.6 is 12.4 Å². The van der Waals surface area contributed by atoms with Gasteiger partial charge in [0.25, 0.3) is 0 Å². The van der Waals surface area contributed by atoms with E-state index in [1.54, 1.807) is 28.4 Å². The Morgan fingerprint density at radius 1 is 0.629 bits per heavy atom. The molecule has 4 rings (SSSR count). The molecule has 0 amide bonds. The predicted molar refractivity (Wildman–Crippen MR) is 141 cm³/mol. The number of ketones is 1. The van der Waals surface area contributed by atoms with Gasteiger partial charge in [-0.05, 0) is 49.9 Å². The molecule has 0 radical (unpaired) electrons. The van der Waals surface area contributed by atoms with Gasteiger partial charge in [0.15, 0.2) is 23.0 Å². The van der Waals surface area contributed by atoms with Gasteiger partial charge in [-0.15, -0.1) is 12.4 Å². The molecule has 0 unspecified atom stereocenters. The van der Waals surface area contributed by atoms with Crippen LogP contribution in [0.15, 0.2) is 36.4 Å². The number of benzene rings is 2. The topological polar surface area (TPSA) is 60.5 Å². The zero-order chi connectivity index (χ0) is 24.1. The lowest BCUT2D eigenvalue weighted by molar-refractivity contribution is -0.128. The van der Waals surface area contributed by atoms with Crippen LogP contribution in [0.1, 0.15) is 25.7 Å². The number of carbonyl (C=O) groups is 1. The van der Waals surface area contributed by atoms with E-state index in [0.29, 0.717) is 5.78 Å². The van der Waals surface area contributed by atoms with Crippen molar-refractivity contribution in [1.29, 1.82) is 0 Å². The minimum absolute atomic E-state index is 0. The van der Waals surface area contributed by atoms with Gasteiger partial charge in [0.1, 0.15) is 5.78 Å². The quantitative estimate of drug-likeness (QED) is 0.509. The van der Waals surface area contributed by atoms with E-state index in [1.165, 1.54) is 0 Å². The molecule has 2 heterocycles. The van der Waals surface area contributed by atoms with Gasteiger partial charge in [-0.1, -0.05) is 0 Å². The Balaban J connectivity index is 0.00000342. The van der Waals surface area contributed by atoms with Crippen molar-refractivity contribution in [1.82, 2.24) is 0 Å². The Morgan fingerprint density at radius 3 is 1.29 bits per heavy atom. The third kappa shape index (κ3) is 5.89. The van der Waals surface area contributed by atoms with Gasteiger partial charge in [-0.3, -0.25) is 4.79 Å². The fourth-order valence-electron chi connectivity index (χ4n) is 5.22. The molecular formula is C27H37ClN2O5. The second-order valence-corrected chi connectivity index (χ2v) is 9.00. The van der Waals surface area contributed by atoms with Gasteiger partial charge in [0.2, 0.25) is 0 Å². The number of ether oxygens (including phenoxy) is 4. The smallest absolute Gasteiger partial charge is 0.162 e. The number of methoxy groups -OCH3 is 4. The van der Waals surface area contributed by atoms with E-state index in [1.807, 2.05) is 24.3 Å². The second kappa shape index (κ2) is 12.2. The molecule has 192 valence electrons. The molecule has 7 nitrogen and oxygen atoms in total. The number of carbonyl (C=O) groups excluding carboxylic acids is 1. The molecule has 2 saturated heterocycles. The molecular weight excluding hydrogens is 468 g/mol. The summed E-state index contributed by atoms with van der Waals surface area (Å²) in [4.78, 5) is 18.0. The molecule has 8 heteroatoms. The highest BCUT2D eigenvalue weighted by atomic mass is 35.5. The Bertz CT molecular complexity index is 908. The zero-order valence-corrected chi connectivity index (χ0v) is 21.9. The highest BCUT2D eigenvalue weighted by Crippen LogP contribution is 2.36. The Kier molecular flexibility index (Phi) is 9.38. The van der Waals surface area contributed by atoms with E-state index in [-0.39, 0.29) is 24.2 Å². The highest BCUT2D eigenvalue weighted by molar-refractivity contribution is 5.85. The summed E-state index contributed by atoms with van der Waals surface area (Å²) in [6.45, 7) is 3.54. The number of halogens is 1. The Morgan fingerprint density at radius 2 is 0.971 bits per heavy atom. The Hall–Kier alpha value is -2.80. The van der Waals surface area contributed by atoms with Gasteiger partial charge < -0.3 is 28.7 Å². The third-order valence-electron chi connectivity index (χ3n) is 7.26. The van der Waals surface area contributed by atoms with Crippen molar-refractivity contribution >= 4 is 29.6 Å². The maximum atomic E-state index is 13.3. The summed E-state index contributed by atoms with van der Waals surface area (Å²) in [5.41, 5.74) is 2.23. The molecule has 0 aliphatic carbocycles. The maximum Gasteiger partial charge on any atom is 0.162 e. The van der Waals surface area contributed by atoms with E-state index in [4.69, 9.17) is 18.9 Å². The van der Waals surface area contributed by atoms with Crippen LogP contribution in [0.5, 0.6) is 23.0 Å². The summed E-state index contributed by atoms with van der Waals surface area (Å²) >= 11 is 0. The number of Topliss-reactive ketones (excluding diaryl/α,β-unsaturated/α-hetero) is 1. The number of hydrogen-bond donors (Lipinski definition) is 0. The number of piperidine rings is 2. The lowest BCUT2D eigenvalue weighted by atomic mass is 9.81. The molecule has 2 aromatic carbocycles. The van der Waals surface area contributed by atoms with E-state index in [9.17, 15) is 4.79 Å². The first-order chi connectivity index (χ1) is 16.6. The number of rotatable bonds is 8. The molecule has 0 spiro atoms. The summed E-state index contributed by atoms with van der Waals surface area (Å²) in [7, 11) is 6.60. The van der Waals surface area contributed by atoms with Gasteiger partial charge >= 0.3 is 0 Å².